The van der Waals surface area contributed by atoms with E-state index in [4.69, 9.17) is 0 Å². The van der Waals surface area contributed by atoms with Crippen LogP contribution in [-0.2, 0) is 0 Å². The molecule has 114 valence electrons. The minimum Gasteiger partial charge on any atom is -0.303 e. The fourth-order valence-corrected chi connectivity index (χ4v) is 3.64. The molecule has 3 unspecified atom stereocenters. The average molecular weight is 277 g/mol. The Morgan fingerprint density at radius 1 is 1.25 bits per heavy atom. The van der Waals surface area contributed by atoms with E-state index in [1.807, 2.05) is 0 Å². The summed E-state index contributed by atoms with van der Waals surface area (Å²) in [5.74, 6) is 0.834. The predicted molar refractivity (Wildman–Crippen MR) is 83.5 cm³/mol. The third-order valence-corrected chi connectivity index (χ3v) is 5.17. The molecule has 0 bridgehead atoms. The summed E-state index contributed by atoms with van der Waals surface area (Å²) >= 11 is 0. The fourth-order valence-electron chi connectivity index (χ4n) is 3.64. The van der Waals surface area contributed by atoms with Crippen LogP contribution >= 0.6 is 0 Å². The first-order valence-electron chi connectivity index (χ1n) is 8.43. The summed E-state index contributed by atoms with van der Waals surface area (Å²) in [5.41, 5.74) is -0.319. The topological polar surface area (TPSA) is 39.1 Å². The first-order valence-corrected chi connectivity index (χ1v) is 8.43. The van der Waals surface area contributed by atoms with Gasteiger partial charge in [-0.3, -0.25) is 5.32 Å². The van der Waals surface area contributed by atoms with Crippen molar-refractivity contribution in [2.45, 2.75) is 82.8 Å². The van der Waals surface area contributed by atoms with Crippen molar-refractivity contribution in [1.29, 1.82) is 5.26 Å². The van der Waals surface area contributed by atoms with Crippen LogP contribution in [0.15, 0.2) is 0 Å². The molecule has 2 saturated carbocycles. The molecule has 0 aliphatic heterocycles. The fraction of sp³-hybridized carbons (Fsp3) is 0.941. The molecule has 0 aromatic rings. The van der Waals surface area contributed by atoms with Crippen LogP contribution in [-0.4, -0.2) is 36.1 Å². The molecule has 3 heteroatoms. The van der Waals surface area contributed by atoms with Gasteiger partial charge in [0, 0.05) is 12.1 Å². The maximum Gasteiger partial charge on any atom is 0.104 e. The molecule has 3 atom stereocenters. The molecule has 0 aromatic heterocycles. The molecule has 0 saturated heterocycles. The second-order valence-corrected chi connectivity index (χ2v) is 7.28. The van der Waals surface area contributed by atoms with Gasteiger partial charge in [-0.25, -0.2) is 0 Å². The van der Waals surface area contributed by atoms with Crippen LogP contribution in [0.5, 0.6) is 0 Å². The molecular weight excluding hydrogens is 246 g/mol. The Balaban J connectivity index is 1.72. The Hall–Kier alpha value is -0.590. The lowest BCUT2D eigenvalue weighted by Crippen LogP contribution is -2.44. The first kappa shape index (κ1) is 15.8. The lowest BCUT2D eigenvalue weighted by atomic mass is 9.85. The third-order valence-electron chi connectivity index (χ3n) is 5.17. The van der Waals surface area contributed by atoms with E-state index in [-0.39, 0.29) is 5.54 Å². The molecule has 1 N–H and O–H groups in total. The van der Waals surface area contributed by atoms with Crippen LogP contribution in [0.25, 0.3) is 0 Å². The summed E-state index contributed by atoms with van der Waals surface area (Å²) < 4.78 is 0. The van der Waals surface area contributed by atoms with Crippen LogP contribution in [0.2, 0.25) is 0 Å². The van der Waals surface area contributed by atoms with Crippen molar-refractivity contribution >= 4 is 0 Å². The van der Waals surface area contributed by atoms with Gasteiger partial charge in [-0.15, -0.1) is 0 Å². The SMILES string of the molecule is CC1CCCCC1N(C)CCCC(C)(C#N)NC1CC1. The third kappa shape index (κ3) is 4.46. The summed E-state index contributed by atoms with van der Waals surface area (Å²) in [5, 5.41) is 12.9. The molecule has 0 amide bonds. The molecule has 0 spiro atoms. The highest BCUT2D eigenvalue weighted by Crippen LogP contribution is 2.28. The van der Waals surface area contributed by atoms with Gasteiger partial charge in [0.25, 0.3) is 0 Å². The summed E-state index contributed by atoms with van der Waals surface area (Å²) in [7, 11) is 2.27. The Bertz CT molecular complexity index is 345. The number of nitriles is 1. The quantitative estimate of drug-likeness (QED) is 0.776. The predicted octanol–water partition coefficient (Wildman–Crippen LogP) is 3.31. The zero-order chi connectivity index (χ0) is 14.6. The van der Waals surface area contributed by atoms with Crippen molar-refractivity contribution in [2.75, 3.05) is 13.6 Å². The van der Waals surface area contributed by atoms with Gasteiger partial charge in [-0.1, -0.05) is 19.8 Å². The second kappa shape index (κ2) is 6.91. The van der Waals surface area contributed by atoms with Crippen molar-refractivity contribution in [3.8, 4) is 6.07 Å². The zero-order valence-corrected chi connectivity index (χ0v) is 13.5. The van der Waals surface area contributed by atoms with Crippen molar-refractivity contribution in [3.63, 3.8) is 0 Å². The Morgan fingerprint density at radius 3 is 2.55 bits per heavy atom. The summed E-state index contributed by atoms with van der Waals surface area (Å²) in [6.07, 6.45) is 10.1. The van der Waals surface area contributed by atoms with Crippen LogP contribution in [0.3, 0.4) is 0 Å². The van der Waals surface area contributed by atoms with Crippen LogP contribution < -0.4 is 5.32 Å². The normalized spacial score (nSPS) is 29.9. The largest absolute Gasteiger partial charge is 0.303 e. The van der Waals surface area contributed by atoms with E-state index >= 15 is 0 Å². The molecule has 2 aliphatic carbocycles. The molecular formula is C17H31N3. The highest BCUT2D eigenvalue weighted by molar-refractivity contribution is 5.07. The van der Waals surface area contributed by atoms with Crippen LogP contribution in [0.4, 0.5) is 0 Å². The van der Waals surface area contributed by atoms with Gasteiger partial charge in [-0.05, 0) is 65.0 Å². The Morgan fingerprint density at radius 2 is 1.95 bits per heavy atom. The number of hydrogen-bond acceptors (Lipinski definition) is 3. The van der Waals surface area contributed by atoms with E-state index in [2.05, 4.69) is 37.2 Å². The molecule has 0 radical (unpaired) electrons. The molecule has 20 heavy (non-hydrogen) atoms. The number of hydrogen-bond donors (Lipinski definition) is 1. The summed E-state index contributed by atoms with van der Waals surface area (Å²) in [4.78, 5) is 2.54. The lowest BCUT2D eigenvalue weighted by Gasteiger charge is -2.36. The smallest absolute Gasteiger partial charge is 0.104 e. The molecule has 0 heterocycles. The summed E-state index contributed by atoms with van der Waals surface area (Å²) in [6.45, 7) is 5.58. The van der Waals surface area contributed by atoms with Gasteiger partial charge in [0.1, 0.15) is 5.54 Å². The van der Waals surface area contributed by atoms with Gasteiger partial charge >= 0.3 is 0 Å². The number of nitrogens with one attached hydrogen (secondary N) is 1. The standard InChI is InChI=1S/C17H31N3/c1-14-7-4-5-8-16(14)20(3)12-6-11-17(2,13-18)19-15-9-10-15/h14-16,19H,4-12H2,1-3H3. The van der Waals surface area contributed by atoms with Gasteiger partial charge in [0.15, 0.2) is 0 Å². The van der Waals surface area contributed by atoms with Gasteiger partial charge < -0.3 is 4.90 Å². The zero-order valence-electron chi connectivity index (χ0n) is 13.5. The van der Waals surface area contributed by atoms with Crippen molar-refractivity contribution in [1.82, 2.24) is 10.2 Å². The van der Waals surface area contributed by atoms with Crippen molar-refractivity contribution in [3.05, 3.63) is 0 Å². The molecule has 2 aliphatic rings. The van der Waals surface area contributed by atoms with E-state index in [0.717, 1.165) is 31.3 Å². The van der Waals surface area contributed by atoms with E-state index in [9.17, 15) is 5.26 Å². The van der Waals surface area contributed by atoms with Crippen molar-refractivity contribution in [2.24, 2.45) is 5.92 Å². The van der Waals surface area contributed by atoms with E-state index in [0.29, 0.717) is 6.04 Å². The molecule has 0 aromatic carbocycles. The highest BCUT2D eigenvalue weighted by atomic mass is 15.1. The van der Waals surface area contributed by atoms with Crippen molar-refractivity contribution < 1.29 is 0 Å². The summed E-state index contributed by atoms with van der Waals surface area (Å²) in [6, 6.07) is 3.85. The lowest BCUT2D eigenvalue weighted by molar-refractivity contribution is 0.135. The Kier molecular flexibility index (Phi) is 5.46. The van der Waals surface area contributed by atoms with Gasteiger partial charge in [0.2, 0.25) is 0 Å². The van der Waals surface area contributed by atoms with E-state index < -0.39 is 0 Å². The highest BCUT2D eigenvalue weighted by Gasteiger charge is 2.32. The molecule has 2 fully saturated rings. The van der Waals surface area contributed by atoms with E-state index in [1.54, 1.807) is 0 Å². The molecule has 3 nitrogen and oxygen atoms in total. The minimum absolute atomic E-state index is 0.319. The first-order chi connectivity index (χ1) is 9.54. The number of nitrogens with zero attached hydrogens (tertiary/aromatic N) is 2. The minimum atomic E-state index is -0.319. The van der Waals surface area contributed by atoms with Crippen LogP contribution in [0, 0.1) is 17.2 Å². The van der Waals surface area contributed by atoms with Gasteiger partial charge in [-0.2, -0.15) is 5.26 Å². The van der Waals surface area contributed by atoms with Gasteiger partial charge in [0.05, 0.1) is 6.07 Å². The average Bonchev–Trinajstić information content (AvgIpc) is 3.23. The monoisotopic (exact) mass is 277 g/mol. The second-order valence-electron chi connectivity index (χ2n) is 7.28. The number of rotatable bonds is 7. The van der Waals surface area contributed by atoms with E-state index in [1.165, 1.54) is 38.5 Å². The van der Waals surface area contributed by atoms with Crippen LogP contribution in [0.1, 0.15) is 65.2 Å². The maximum absolute atomic E-state index is 9.39. The Labute approximate surface area is 124 Å². The maximum atomic E-state index is 9.39. The molecule has 2 rings (SSSR count).